The first-order valence-corrected chi connectivity index (χ1v) is 15.0. The topological polar surface area (TPSA) is 61.8 Å². The highest BCUT2D eigenvalue weighted by molar-refractivity contribution is 9.10. The molecule has 2 aromatic heterocycles. The van der Waals surface area contributed by atoms with Gasteiger partial charge >= 0.3 is 0 Å². The minimum absolute atomic E-state index is 0.0176. The van der Waals surface area contributed by atoms with Crippen molar-refractivity contribution in [1.29, 1.82) is 0 Å². The maximum absolute atomic E-state index is 12.0. The molecule has 0 radical (unpaired) electrons. The third-order valence-corrected chi connectivity index (χ3v) is 8.01. The molecule has 0 spiro atoms. The molecule has 1 aliphatic rings. The van der Waals surface area contributed by atoms with Gasteiger partial charge in [0.05, 0.1) is 9.75 Å². The molecule has 5 aromatic rings. The second-order valence-corrected chi connectivity index (χ2v) is 11.4. The van der Waals surface area contributed by atoms with E-state index in [2.05, 4.69) is 15.9 Å². The largest absolute Gasteiger partial charge is 0.456 e. The van der Waals surface area contributed by atoms with Crippen LogP contribution in [0.5, 0.6) is 23.0 Å². The van der Waals surface area contributed by atoms with Gasteiger partial charge in [-0.1, -0.05) is 52.3 Å². The van der Waals surface area contributed by atoms with E-state index in [0.29, 0.717) is 11.3 Å². The summed E-state index contributed by atoms with van der Waals surface area (Å²) in [5.41, 5.74) is 1.56. The summed E-state index contributed by atoms with van der Waals surface area (Å²) in [6.07, 6.45) is 6.73. The molecule has 0 atom stereocenters. The Labute approximate surface area is 254 Å². The Morgan fingerprint density at radius 1 is 0.756 bits per heavy atom. The smallest absolute Gasteiger partial charge is 0.231 e. The zero-order valence-electron chi connectivity index (χ0n) is 21.6. The number of halogens is 1. The number of hydrogen-bond acceptors (Lipinski definition) is 7. The SMILES string of the molecule is O=C(C=Cc1ccc2c(c1)OCO2)c1ccc(Br)cc1.O=C(C=Cc1sccc1Oc1ccccc1)c1cccs1. The summed E-state index contributed by atoms with van der Waals surface area (Å²) >= 11 is 6.34. The van der Waals surface area contributed by atoms with Crippen LogP contribution in [0, 0.1) is 0 Å². The number of carbonyl (C=O) groups excluding carboxylic acids is 2. The van der Waals surface area contributed by atoms with E-state index in [0.717, 1.165) is 37.0 Å². The molecule has 3 heterocycles. The van der Waals surface area contributed by atoms with E-state index in [4.69, 9.17) is 14.2 Å². The van der Waals surface area contributed by atoms with Crippen LogP contribution in [-0.2, 0) is 0 Å². The van der Waals surface area contributed by atoms with Crippen LogP contribution in [0.25, 0.3) is 12.2 Å². The average Bonchev–Trinajstić information content (AvgIpc) is 3.78. The van der Waals surface area contributed by atoms with Crippen LogP contribution >= 0.6 is 38.6 Å². The first-order valence-electron chi connectivity index (χ1n) is 12.5. The Kier molecular flexibility index (Phi) is 9.59. The van der Waals surface area contributed by atoms with Gasteiger partial charge in [-0.3, -0.25) is 9.59 Å². The number of fused-ring (bicyclic) bond motifs is 1. The lowest BCUT2D eigenvalue weighted by Crippen LogP contribution is -1.93. The summed E-state index contributed by atoms with van der Waals surface area (Å²) in [7, 11) is 0. The number of ether oxygens (including phenoxy) is 3. The minimum atomic E-state index is -0.0323. The van der Waals surface area contributed by atoms with Crippen LogP contribution in [0.1, 0.15) is 30.5 Å². The highest BCUT2D eigenvalue weighted by Crippen LogP contribution is 2.33. The molecule has 0 saturated carbocycles. The third-order valence-electron chi connectivity index (χ3n) is 5.73. The molecular weight excluding hydrogens is 620 g/mol. The summed E-state index contributed by atoms with van der Waals surface area (Å²) in [6, 6.07) is 28.1. The highest BCUT2D eigenvalue weighted by atomic mass is 79.9. The Balaban J connectivity index is 0.000000165. The van der Waals surface area contributed by atoms with E-state index in [9.17, 15) is 9.59 Å². The zero-order valence-corrected chi connectivity index (χ0v) is 24.8. The van der Waals surface area contributed by atoms with Crippen molar-refractivity contribution in [1.82, 2.24) is 0 Å². The molecule has 8 heteroatoms. The lowest BCUT2D eigenvalue weighted by Gasteiger charge is -2.04. The van der Waals surface area contributed by atoms with Crippen molar-refractivity contribution in [2.24, 2.45) is 0 Å². The van der Waals surface area contributed by atoms with Crippen molar-refractivity contribution in [2.45, 2.75) is 0 Å². The fourth-order valence-electron chi connectivity index (χ4n) is 3.68. The molecular formula is C33H23BrO5S2. The molecule has 0 saturated heterocycles. The van der Waals surface area contributed by atoms with Crippen LogP contribution in [0.2, 0.25) is 0 Å². The maximum atomic E-state index is 12.0. The minimum Gasteiger partial charge on any atom is -0.456 e. The van der Waals surface area contributed by atoms with Gasteiger partial charge in [0.2, 0.25) is 6.79 Å². The molecule has 41 heavy (non-hydrogen) atoms. The van der Waals surface area contributed by atoms with Gasteiger partial charge in [-0.25, -0.2) is 0 Å². The van der Waals surface area contributed by atoms with E-state index >= 15 is 0 Å². The molecule has 0 bridgehead atoms. The zero-order chi connectivity index (χ0) is 28.4. The Bertz CT molecular complexity index is 1670. The lowest BCUT2D eigenvalue weighted by atomic mass is 10.1. The molecule has 0 fully saturated rings. The van der Waals surface area contributed by atoms with Crippen molar-refractivity contribution >= 4 is 62.3 Å². The number of rotatable bonds is 8. The Hall–Kier alpha value is -4.24. The van der Waals surface area contributed by atoms with Crippen molar-refractivity contribution in [3.05, 3.63) is 139 Å². The fourth-order valence-corrected chi connectivity index (χ4v) is 5.30. The normalized spacial score (nSPS) is 11.8. The standard InChI is InChI=1S/C17H12O2S2.C16H11BrO3/c18-14(16-7-4-11-20-16)8-9-17-15(10-12-21-17)19-13-5-2-1-3-6-13;17-13-5-3-12(4-6-13)14(18)7-1-11-2-8-15-16(9-11)20-10-19-15/h1-12H;1-9H,10H2. The lowest BCUT2D eigenvalue weighted by molar-refractivity contribution is 0.104. The first kappa shape index (κ1) is 28.3. The maximum Gasteiger partial charge on any atom is 0.231 e. The predicted octanol–water partition coefficient (Wildman–Crippen LogP) is 9.57. The van der Waals surface area contributed by atoms with Gasteiger partial charge in [0.25, 0.3) is 0 Å². The molecule has 0 N–H and O–H groups in total. The van der Waals surface area contributed by atoms with Crippen LogP contribution in [0.3, 0.4) is 0 Å². The van der Waals surface area contributed by atoms with Crippen molar-refractivity contribution < 1.29 is 23.8 Å². The number of thiophene rings is 2. The summed E-state index contributed by atoms with van der Waals surface area (Å²) in [5.74, 6) is 2.99. The van der Waals surface area contributed by atoms with Gasteiger partial charge < -0.3 is 14.2 Å². The highest BCUT2D eigenvalue weighted by Gasteiger charge is 2.12. The van der Waals surface area contributed by atoms with Gasteiger partial charge in [0.1, 0.15) is 11.5 Å². The molecule has 6 rings (SSSR count). The van der Waals surface area contributed by atoms with E-state index in [1.54, 1.807) is 41.7 Å². The third kappa shape index (κ3) is 7.91. The van der Waals surface area contributed by atoms with Crippen molar-refractivity contribution in [3.63, 3.8) is 0 Å². The van der Waals surface area contributed by atoms with Crippen LogP contribution in [-0.4, -0.2) is 18.4 Å². The number of ketones is 2. The van der Waals surface area contributed by atoms with Gasteiger partial charge in [-0.15, -0.1) is 22.7 Å². The summed E-state index contributed by atoms with van der Waals surface area (Å²) in [4.78, 5) is 25.6. The molecule has 0 unspecified atom stereocenters. The molecule has 0 aliphatic carbocycles. The predicted molar refractivity (Wildman–Crippen MR) is 169 cm³/mol. The number of para-hydroxylation sites is 1. The van der Waals surface area contributed by atoms with Crippen LogP contribution < -0.4 is 14.2 Å². The summed E-state index contributed by atoms with van der Waals surface area (Å²) in [5, 5.41) is 3.85. The molecule has 0 amide bonds. The Morgan fingerprint density at radius 3 is 2.32 bits per heavy atom. The van der Waals surface area contributed by atoms with Gasteiger partial charge in [-0.2, -0.15) is 0 Å². The number of benzene rings is 3. The van der Waals surface area contributed by atoms with Crippen LogP contribution in [0.15, 0.2) is 118 Å². The quantitative estimate of drug-likeness (QED) is 0.125. The average molecular weight is 644 g/mol. The monoisotopic (exact) mass is 642 g/mol. The van der Waals surface area contributed by atoms with E-state index in [1.165, 1.54) is 11.3 Å². The second-order valence-electron chi connectivity index (χ2n) is 8.56. The van der Waals surface area contributed by atoms with E-state index in [1.807, 2.05) is 95.7 Å². The van der Waals surface area contributed by atoms with Gasteiger partial charge in [-0.05, 0) is 95.2 Å². The molecule has 204 valence electrons. The van der Waals surface area contributed by atoms with Gasteiger partial charge in [0, 0.05) is 10.0 Å². The molecule has 1 aliphatic heterocycles. The van der Waals surface area contributed by atoms with Crippen LogP contribution in [0.4, 0.5) is 0 Å². The summed E-state index contributed by atoms with van der Waals surface area (Å²) in [6.45, 7) is 0.250. The number of allylic oxidation sites excluding steroid dienone is 2. The molecule has 5 nitrogen and oxygen atoms in total. The van der Waals surface area contributed by atoms with Crippen molar-refractivity contribution in [2.75, 3.05) is 6.79 Å². The van der Waals surface area contributed by atoms with Gasteiger partial charge in [0.15, 0.2) is 23.1 Å². The van der Waals surface area contributed by atoms with E-state index in [-0.39, 0.29) is 18.4 Å². The molecule has 3 aromatic carbocycles. The fraction of sp³-hybridized carbons (Fsp3) is 0.0303. The van der Waals surface area contributed by atoms with E-state index < -0.39 is 0 Å². The number of hydrogen-bond donors (Lipinski definition) is 0. The second kappa shape index (κ2) is 13.9. The Morgan fingerprint density at radius 2 is 1.54 bits per heavy atom. The summed E-state index contributed by atoms with van der Waals surface area (Å²) < 4.78 is 17.3. The first-order chi connectivity index (χ1) is 20.0. The number of carbonyl (C=O) groups is 2. The van der Waals surface area contributed by atoms with Crippen molar-refractivity contribution in [3.8, 4) is 23.0 Å².